The van der Waals surface area contributed by atoms with Crippen LogP contribution in [0.4, 0.5) is 4.39 Å². The molecule has 4 heteroatoms. The van der Waals surface area contributed by atoms with Crippen molar-refractivity contribution in [2.24, 2.45) is 5.92 Å². The quantitative estimate of drug-likeness (QED) is 0.556. The molecule has 0 N–H and O–H groups in total. The van der Waals surface area contributed by atoms with Crippen LogP contribution in [0.5, 0.6) is 0 Å². The maximum atomic E-state index is 12.8. The zero-order valence-corrected chi connectivity index (χ0v) is 6.38. The van der Waals surface area contributed by atoms with E-state index in [1.54, 1.807) is 0 Å². The molecule has 0 aromatic heterocycles. The summed E-state index contributed by atoms with van der Waals surface area (Å²) in [5.41, 5.74) is 0. The van der Waals surface area contributed by atoms with Crippen LogP contribution in [-0.4, -0.2) is 32.5 Å². The summed E-state index contributed by atoms with van der Waals surface area (Å²) in [6.07, 6.45) is -0.883. The Bertz CT molecular complexity index is 149. The standard InChI is InChI=1S/C7H11FO3/c1-10-7(9)2-5-3-11-4-6(5)8/h5-6H,2-4H2,1H3. The largest absolute Gasteiger partial charge is 0.469 e. The Morgan fingerprint density at radius 2 is 2.45 bits per heavy atom. The maximum Gasteiger partial charge on any atom is 0.305 e. The topological polar surface area (TPSA) is 35.5 Å². The molecule has 2 unspecified atom stereocenters. The molecule has 1 aliphatic rings. The van der Waals surface area contributed by atoms with Crippen LogP contribution in [-0.2, 0) is 14.3 Å². The fourth-order valence-corrected chi connectivity index (χ4v) is 1.06. The van der Waals surface area contributed by atoms with Crippen LogP contribution < -0.4 is 0 Å². The summed E-state index contributed by atoms with van der Waals surface area (Å²) in [6.45, 7) is 0.442. The molecule has 3 nitrogen and oxygen atoms in total. The lowest BCUT2D eigenvalue weighted by atomic mass is 10.0. The van der Waals surface area contributed by atoms with Crippen molar-refractivity contribution in [3.63, 3.8) is 0 Å². The average molecular weight is 162 g/mol. The first-order valence-corrected chi connectivity index (χ1v) is 3.52. The fourth-order valence-electron chi connectivity index (χ4n) is 1.06. The van der Waals surface area contributed by atoms with E-state index in [0.29, 0.717) is 6.61 Å². The number of esters is 1. The van der Waals surface area contributed by atoms with Crippen molar-refractivity contribution in [3.8, 4) is 0 Å². The number of methoxy groups -OCH3 is 1. The Morgan fingerprint density at radius 1 is 1.73 bits per heavy atom. The number of carbonyl (C=O) groups is 1. The second-order valence-corrected chi connectivity index (χ2v) is 2.59. The van der Waals surface area contributed by atoms with Gasteiger partial charge in [-0.25, -0.2) is 4.39 Å². The predicted octanol–water partition coefficient (Wildman–Crippen LogP) is 0.534. The Hall–Kier alpha value is -0.640. The highest BCUT2D eigenvalue weighted by Gasteiger charge is 2.30. The van der Waals surface area contributed by atoms with Crippen molar-refractivity contribution in [2.45, 2.75) is 12.6 Å². The molecule has 0 saturated carbocycles. The molecule has 1 fully saturated rings. The monoisotopic (exact) mass is 162 g/mol. The van der Waals surface area contributed by atoms with E-state index in [1.807, 2.05) is 0 Å². The van der Waals surface area contributed by atoms with Gasteiger partial charge in [-0.3, -0.25) is 4.79 Å². The first-order chi connectivity index (χ1) is 5.24. The third kappa shape index (κ3) is 2.15. The third-order valence-electron chi connectivity index (χ3n) is 1.78. The van der Waals surface area contributed by atoms with Crippen molar-refractivity contribution in [3.05, 3.63) is 0 Å². The summed E-state index contributed by atoms with van der Waals surface area (Å²) in [5.74, 6) is -0.675. The van der Waals surface area contributed by atoms with Crippen LogP contribution >= 0.6 is 0 Å². The lowest BCUT2D eigenvalue weighted by Gasteiger charge is -2.07. The molecule has 0 bridgehead atoms. The first-order valence-electron chi connectivity index (χ1n) is 3.52. The van der Waals surface area contributed by atoms with Gasteiger partial charge < -0.3 is 9.47 Å². The molecule has 64 valence electrons. The Morgan fingerprint density at radius 3 is 2.91 bits per heavy atom. The molecule has 1 saturated heterocycles. The molecule has 1 rings (SSSR count). The number of ether oxygens (including phenoxy) is 2. The lowest BCUT2D eigenvalue weighted by Crippen LogP contribution is -2.18. The van der Waals surface area contributed by atoms with Crippen LogP contribution in [0, 0.1) is 5.92 Å². The molecule has 0 radical (unpaired) electrons. The van der Waals surface area contributed by atoms with Gasteiger partial charge in [0.1, 0.15) is 6.17 Å². The second kappa shape index (κ2) is 3.67. The number of halogens is 1. The van der Waals surface area contributed by atoms with Crippen molar-refractivity contribution >= 4 is 5.97 Å². The molecule has 0 aromatic carbocycles. The van der Waals surface area contributed by atoms with Gasteiger partial charge in [-0.15, -0.1) is 0 Å². The molecule has 0 amide bonds. The SMILES string of the molecule is COC(=O)CC1COCC1F. The Balaban J connectivity index is 2.30. The van der Waals surface area contributed by atoms with Gasteiger partial charge in [-0.05, 0) is 0 Å². The van der Waals surface area contributed by atoms with Gasteiger partial charge in [0.2, 0.25) is 0 Å². The smallest absolute Gasteiger partial charge is 0.305 e. The third-order valence-corrected chi connectivity index (χ3v) is 1.78. The fraction of sp³-hybridized carbons (Fsp3) is 0.857. The Labute approximate surface area is 64.5 Å². The number of hydrogen-bond acceptors (Lipinski definition) is 3. The van der Waals surface area contributed by atoms with Crippen molar-refractivity contribution in [2.75, 3.05) is 20.3 Å². The zero-order chi connectivity index (χ0) is 8.27. The van der Waals surface area contributed by atoms with Gasteiger partial charge in [0, 0.05) is 5.92 Å². The van der Waals surface area contributed by atoms with Gasteiger partial charge in [-0.2, -0.15) is 0 Å². The Kier molecular flexibility index (Phi) is 2.82. The minimum atomic E-state index is -1.01. The number of alkyl halides is 1. The molecule has 1 aliphatic heterocycles. The van der Waals surface area contributed by atoms with Crippen LogP contribution in [0.2, 0.25) is 0 Å². The normalized spacial score (nSPS) is 30.4. The summed E-state index contributed by atoms with van der Waals surface area (Å²) in [5, 5.41) is 0. The van der Waals surface area contributed by atoms with Crippen molar-refractivity contribution in [1.29, 1.82) is 0 Å². The van der Waals surface area contributed by atoms with E-state index in [4.69, 9.17) is 4.74 Å². The lowest BCUT2D eigenvalue weighted by molar-refractivity contribution is -0.142. The highest BCUT2D eigenvalue weighted by molar-refractivity contribution is 5.69. The van der Waals surface area contributed by atoms with E-state index < -0.39 is 6.17 Å². The second-order valence-electron chi connectivity index (χ2n) is 2.59. The minimum absolute atomic E-state index is 0.113. The van der Waals surface area contributed by atoms with Gasteiger partial charge in [0.05, 0.1) is 26.7 Å². The van der Waals surface area contributed by atoms with Crippen molar-refractivity contribution < 1.29 is 18.7 Å². The van der Waals surface area contributed by atoms with Gasteiger partial charge in [-0.1, -0.05) is 0 Å². The molecule has 1 heterocycles. The molecule has 2 atom stereocenters. The minimum Gasteiger partial charge on any atom is -0.469 e. The maximum absolute atomic E-state index is 12.8. The average Bonchev–Trinajstić information content (AvgIpc) is 2.37. The molecular formula is C7H11FO3. The van der Waals surface area contributed by atoms with E-state index in [1.165, 1.54) is 7.11 Å². The highest BCUT2D eigenvalue weighted by atomic mass is 19.1. The van der Waals surface area contributed by atoms with Crippen LogP contribution in [0.15, 0.2) is 0 Å². The van der Waals surface area contributed by atoms with Gasteiger partial charge in [0.25, 0.3) is 0 Å². The number of rotatable bonds is 2. The first kappa shape index (κ1) is 8.46. The highest BCUT2D eigenvalue weighted by Crippen LogP contribution is 2.20. The number of carbonyl (C=O) groups excluding carboxylic acids is 1. The van der Waals surface area contributed by atoms with Crippen LogP contribution in [0.25, 0.3) is 0 Å². The van der Waals surface area contributed by atoms with E-state index in [2.05, 4.69) is 4.74 Å². The summed E-state index contributed by atoms with van der Waals surface area (Å²) in [4.78, 5) is 10.7. The molecular weight excluding hydrogens is 151 g/mol. The zero-order valence-electron chi connectivity index (χ0n) is 6.38. The van der Waals surface area contributed by atoms with E-state index in [0.717, 1.165) is 0 Å². The molecule has 0 aliphatic carbocycles. The van der Waals surface area contributed by atoms with Gasteiger partial charge >= 0.3 is 5.97 Å². The molecule has 11 heavy (non-hydrogen) atoms. The van der Waals surface area contributed by atoms with Crippen LogP contribution in [0.3, 0.4) is 0 Å². The molecule has 0 spiro atoms. The van der Waals surface area contributed by atoms with E-state index >= 15 is 0 Å². The summed E-state index contributed by atoms with van der Waals surface area (Å²) in [6, 6.07) is 0. The van der Waals surface area contributed by atoms with Gasteiger partial charge in [0.15, 0.2) is 0 Å². The van der Waals surface area contributed by atoms with E-state index in [-0.39, 0.29) is 24.9 Å². The predicted molar refractivity (Wildman–Crippen MR) is 35.8 cm³/mol. The summed E-state index contributed by atoms with van der Waals surface area (Å²) < 4.78 is 22.0. The summed E-state index contributed by atoms with van der Waals surface area (Å²) in [7, 11) is 1.30. The summed E-state index contributed by atoms with van der Waals surface area (Å²) >= 11 is 0. The van der Waals surface area contributed by atoms with Crippen molar-refractivity contribution in [1.82, 2.24) is 0 Å². The number of hydrogen-bond donors (Lipinski definition) is 0. The van der Waals surface area contributed by atoms with Crippen LogP contribution in [0.1, 0.15) is 6.42 Å². The van der Waals surface area contributed by atoms with E-state index in [9.17, 15) is 9.18 Å². The molecule has 0 aromatic rings.